The van der Waals surface area contributed by atoms with Crippen molar-refractivity contribution in [3.63, 3.8) is 0 Å². The second-order valence-corrected chi connectivity index (χ2v) is 6.08. The van der Waals surface area contributed by atoms with Gasteiger partial charge in [0.1, 0.15) is 5.82 Å². The summed E-state index contributed by atoms with van der Waals surface area (Å²) in [6.45, 7) is 0. The predicted molar refractivity (Wildman–Crippen MR) is 79.3 cm³/mol. The second kappa shape index (κ2) is 7.09. The van der Waals surface area contributed by atoms with E-state index in [0.717, 1.165) is 25.7 Å². The zero-order valence-corrected chi connectivity index (χ0v) is 12.4. The minimum Gasteiger partial charge on any atom is -0.393 e. The Labute approximate surface area is 123 Å². The number of amides is 1. The molecule has 0 spiro atoms. The highest BCUT2D eigenvalue weighted by atomic mass is 32.2. The van der Waals surface area contributed by atoms with E-state index in [4.69, 9.17) is 0 Å². The van der Waals surface area contributed by atoms with E-state index in [1.54, 1.807) is 6.07 Å². The smallest absolute Gasteiger partial charge is 0.251 e. The Hall–Kier alpha value is -1.07. The number of hydrogen-bond acceptors (Lipinski definition) is 3. The molecule has 1 amide bonds. The van der Waals surface area contributed by atoms with Crippen molar-refractivity contribution in [2.75, 3.05) is 6.26 Å². The summed E-state index contributed by atoms with van der Waals surface area (Å²) in [5.41, 5.74) is 1.06. The van der Waals surface area contributed by atoms with Crippen LogP contribution in [0.25, 0.3) is 0 Å². The summed E-state index contributed by atoms with van der Waals surface area (Å²) in [5.74, 6) is 0.133. The first-order chi connectivity index (χ1) is 9.60. The van der Waals surface area contributed by atoms with Crippen LogP contribution in [0.15, 0.2) is 18.2 Å². The maximum Gasteiger partial charge on any atom is 0.251 e. The van der Waals surface area contributed by atoms with Crippen LogP contribution in [0.5, 0.6) is 0 Å². The molecule has 0 bridgehead atoms. The average molecular weight is 297 g/mol. The molecule has 1 aromatic rings. The van der Waals surface area contributed by atoms with Crippen LogP contribution in [0.1, 0.15) is 41.6 Å². The molecular formula is C15H20FNO2S. The van der Waals surface area contributed by atoms with Crippen molar-refractivity contribution in [3.05, 3.63) is 35.1 Å². The van der Waals surface area contributed by atoms with E-state index in [1.807, 2.05) is 6.26 Å². The van der Waals surface area contributed by atoms with E-state index in [1.165, 1.54) is 23.9 Å². The molecule has 0 saturated heterocycles. The molecular weight excluding hydrogens is 277 g/mol. The molecule has 3 nitrogen and oxygen atoms in total. The van der Waals surface area contributed by atoms with Crippen LogP contribution >= 0.6 is 11.8 Å². The lowest BCUT2D eigenvalue weighted by atomic mass is 9.93. The number of nitrogens with one attached hydrogen (secondary N) is 1. The second-order valence-electron chi connectivity index (χ2n) is 5.22. The zero-order chi connectivity index (χ0) is 14.5. The molecule has 2 N–H and O–H groups in total. The molecule has 2 rings (SSSR count). The van der Waals surface area contributed by atoms with Gasteiger partial charge in [0.25, 0.3) is 5.91 Å². The van der Waals surface area contributed by atoms with Crippen molar-refractivity contribution in [3.8, 4) is 0 Å². The van der Waals surface area contributed by atoms with Gasteiger partial charge in [-0.2, -0.15) is 11.8 Å². The van der Waals surface area contributed by atoms with Crippen molar-refractivity contribution in [1.29, 1.82) is 0 Å². The van der Waals surface area contributed by atoms with Gasteiger partial charge in [-0.05, 0) is 55.7 Å². The molecule has 1 aromatic carbocycles. The fourth-order valence-electron chi connectivity index (χ4n) is 2.47. The lowest BCUT2D eigenvalue weighted by Gasteiger charge is -2.26. The molecule has 1 saturated carbocycles. The number of hydrogen-bond donors (Lipinski definition) is 2. The maximum atomic E-state index is 13.5. The highest BCUT2D eigenvalue weighted by Gasteiger charge is 2.21. The summed E-state index contributed by atoms with van der Waals surface area (Å²) in [6, 6.07) is 4.61. The van der Waals surface area contributed by atoms with Crippen molar-refractivity contribution in [2.24, 2.45) is 0 Å². The highest BCUT2D eigenvalue weighted by Crippen LogP contribution is 2.20. The van der Waals surface area contributed by atoms with Crippen LogP contribution in [-0.2, 0) is 5.75 Å². The Kier molecular flexibility index (Phi) is 5.43. The number of carbonyl (C=O) groups is 1. The monoisotopic (exact) mass is 297 g/mol. The zero-order valence-electron chi connectivity index (χ0n) is 11.6. The molecule has 0 atom stereocenters. The summed E-state index contributed by atoms with van der Waals surface area (Å²) in [6.07, 6.45) is 4.72. The van der Waals surface area contributed by atoms with E-state index < -0.39 is 0 Å². The van der Waals surface area contributed by atoms with Crippen LogP contribution in [0, 0.1) is 5.82 Å². The fraction of sp³-hybridized carbons (Fsp3) is 0.533. The first-order valence-electron chi connectivity index (χ1n) is 6.86. The number of halogens is 1. The van der Waals surface area contributed by atoms with E-state index >= 15 is 0 Å². The third kappa shape index (κ3) is 3.96. The van der Waals surface area contributed by atoms with Gasteiger partial charge < -0.3 is 10.4 Å². The van der Waals surface area contributed by atoms with E-state index in [9.17, 15) is 14.3 Å². The molecule has 0 unspecified atom stereocenters. The number of carbonyl (C=O) groups excluding carboxylic acids is 1. The quantitative estimate of drug-likeness (QED) is 0.898. The molecule has 5 heteroatoms. The van der Waals surface area contributed by atoms with Gasteiger partial charge in [-0.15, -0.1) is 0 Å². The normalized spacial score (nSPS) is 22.6. The fourth-order valence-corrected chi connectivity index (χ4v) is 3.00. The van der Waals surface area contributed by atoms with Crippen LogP contribution in [0.2, 0.25) is 0 Å². The van der Waals surface area contributed by atoms with E-state index in [-0.39, 0.29) is 23.9 Å². The standard InChI is InChI=1S/C15H20FNO2S/c1-20-9-11-8-10(2-7-14(11)16)15(19)17-12-3-5-13(18)6-4-12/h2,7-8,12-13,18H,3-6,9H2,1H3,(H,17,19). The highest BCUT2D eigenvalue weighted by molar-refractivity contribution is 7.97. The molecule has 0 radical (unpaired) electrons. The summed E-state index contributed by atoms with van der Waals surface area (Å²) in [4.78, 5) is 12.2. The molecule has 0 heterocycles. The van der Waals surface area contributed by atoms with Gasteiger partial charge in [-0.3, -0.25) is 4.79 Å². The van der Waals surface area contributed by atoms with E-state index in [2.05, 4.69) is 5.32 Å². The summed E-state index contributed by atoms with van der Waals surface area (Å²) >= 11 is 1.53. The molecule has 110 valence electrons. The number of rotatable bonds is 4. The Morgan fingerprint density at radius 1 is 1.40 bits per heavy atom. The third-order valence-corrected chi connectivity index (χ3v) is 4.24. The molecule has 0 aliphatic heterocycles. The molecule has 1 aliphatic rings. The maximum absolute atomic E-state index is 13.5. The number of benzene rings is 1. The van der Waals surface area contributed by atoms with Crippen LogP contribution in [0.4, 0.5) is 4.39 Å². The third-order valence-electron chi connectivity index (χ3n) is 3.64. The van der Waals surface area contributed by atoms with Crippen molar-refractivity contribution < 1.29 is 14.3 Å². The Balaban J connectivity index is 2.00. The number of aliphatic hydroxyl groups excluding tert-OH is 1. The minimum absolute atomic E-state index is 0.111. The lowest BCUT2D eigenvalue weighted by Crippen LogP contribution is -2.38. The first-order valence-corrected chi connectivity index (χ1v) is 8.26. The largest absolute Gasteiger partial charge is 0.393 e. The number of aliphatic hydroxyl groups is 1. The summed E-state index contributed by atoms with van der Waals surface area (Å²) < 4.78 is 13.5. The van der Waals surface area contributed by atoms with Crippen molar-refractivity contribution in [2.45, 2.75) is 43.6 Å². The van der Waals surface area contributed by atoms with E-state index in [0.29, 0.717) is 16.9 Å². The lowest BCUT2D eigenvalue weighted by molar-refractivity contribution is 0.0867. The van der Waals surface area contributed by atoms with Gasteiger partial charge >= 0.3 is 0 Å². The predicted octanol–water partition coefficient (Wildman–Crippen LogP) is 2.72. The van der Waals surface area contributed by atoms with Crippen molar-refractivity contribution >= 4 is 17.7 Å². The molecule has 1 aliphatic carbocycles. The minimum atomic E-state index is -0.267. The van der Waals surface area contributed by atoms with Crippen molar-refractivity contribution in [1.82, 2.24) is 5.32 Å². The van der Waals surface area contributed by atoms with Gasteiger partial charge in [0.2, 0.25) is 0 Å². The summed E-state index contributed by atoms with van der Waals surface area (Å²) in [5, 5.41) is 12.4. The topological polar surface area (TPSA) is 49.3 Å². The first kappa shape index (κ1) is 15.3. The van der Waals surface area contributed by atoms with Gasteiger partial charge in [0.05, 0.1) is 6.10 Å². The van der Waals surface area contributed by atoms with Crippen LogP contribution in [-0.4, -0.2) is 29.4 Å². The van der Waals surface area contributed by atoms with Gasteiger partial charge in [-0.25, -0.2) is 4.39 Å². The summed E-state index contributed by atoms with van der Waals surface area (Å²) in [7, 11) is 0. The molecule has 1 fully saturated rings. The van der Waals surface area contributed by atoms with Crippen LogP contribution in [0.3, 0.4) is 0 Å². The molecule has 0 aromatic heterocycles. The Bertz CT molecular complexity index is 473. The Morgan fingerprint density at radius 2 is 2.10 bits per heavy atom. The van der Waals surface area contributed by atoms with Gasteiger partial charge in [-0.1, -0.05) is 0 Å². The van der Waals surface area contributed by atoms with Gasteiger partial charge in [0.15, 0.2) is 0 Å². The SMILES string of the molecule is CSCc1cc(C(=O)NC2CCC(O)CC2)ccc1F. The Morgan fingerprint density at radius 3 is 2.75 bits per heavy atom. The van der Waals surface area contributed by atoms with Gasteiger partial charge in [0, 0.05) is 17.4 Å². The van der Waals surface area contributed by atoms with Crippen LogP contribution < -0.4 is 5.32 Å². The average Bonchev–Trinajstić information content (AvgIpc) is 2.44. The number of thioether (sulfide) groups is 1. The molecule has 20 heavy (non-hydrogen) atoms.